The molecule has 2 N–H and O–H groups in total. The molecule has 1 atom stereocenters. The Morgan fingerprint density at radius 3 is 2.18 bits per heavy atom. The van der Waals surface area contributed by atoms with Crippen molar-refractivity contribution < 1.29 is 9.59 Å². The second-order valence-electron chi connectivity index (χ2n) is 6.87. The van der Waals surface area contributed by atoms with Crippen LogP contribution in [0.25, 0.3) is 0 Å². The number of carbonyl (C=O) groups is 2. The highest BCUT2D eigenvalue weighted by molar-refractivity contribution is 5.96. The minimum absolute atomic E-state index is 0.143. The van der Waals surface area contributed by atoms with E-state index in [0.29, 0.717) is 5.56 Å². The van der Waals surface area contributed by atoms with E-state index < -0.39 is 6.04 Å². The molecule has 4 heteroatoms. The van der Waals surface area contributed by atoms with Crippen LogP contribution in [0, 0.1) is 13.8 Å². The number of carbonyl (C=O) groups excluding carboxylic acids is 2. The second kappa shape index (κ2) is 9.00. The number of nitrogens with one attached hydrogen (secondary N) is 2. The van der Waals surface area contributed by atoms with Gasteiger partial charge in [-0.3, -0.25) is 9.59 Å². The van der Waals surface area contributed by atoms with Gasteiger partial charge in [0.25, 0.3) is 5.91 Å². The van der Waals surface area contributed by atoms with E-state index in [2.05, 4.69) is 10.6 Å². The lowest BCUT2D eigenvalue weighted by molar-refractivity contribution is -0.116. The Bertz CT molecular complexity index is 953. The lowest BCUT2D eigenvalue weighted by Crippen LogP contribution is -2.31. The van der Waals surface area contributed by atoms with Crippen LogP contribution in [-0.2, 0) is 4.79 Å². The summed E-state index contributed by atoms with van der Waals surface area (Å²) in [6.07, 6.45) is 0.149. The summed E-state index contributed by atoms with van der Waals surface area (Å²) in [5.41, 5.74) is 4.34. The Balaban J connectivity index is 1.76. The largest absolute Gasteiger partial charge is 0.345 e. The fourth-order valence-corrected chi connectivity index (χ4v) is 3.03. The Kier molecular flexibility index (Phi) is 6.22. The average Bonchev–Trinajstić information content (AvgIpc) is 2.71. The van der Waals surface area contributed by atoms with Gasteiger partial charge in [0.2, 0.25) is 5.91 Å². The summed E-state index contributed by atoms with van der Waals surface area (Å²) in [5, 5.41) is 5.97. The maximum absolute atomic E-state index is 12.7. The number of hydrogen-bond acceptors (Lipinski definition) is 2. The quantitative estimate of drug-likeness (QED) is 0.653. The monoisotopic (exact) mass is 372 g/mol. The van der Waals surface area contributed by atoms with Crippen LogP contribution in [0.3, 0.4) is 0 Å². The van der Waals surface area contributed by atoms with E-state index in [1.165, 1.54) is 0 Å². The molecule has 1 unspecified atom stereocenters. The zero-order valence-corrected chi connectivity index (χ0v) is 16.1. The van der Waals surface area contributed by atoms with Crippen molar-refractivity contribution in [2.75, 3.05) is 5.32 Å². The molecular formula is C24H24N2O2. The van der Waals surface area contributed by atoms with Gasteiger partial charge in [-0.25, -0.2) is 0 Å². The van der Waals surface area contributed by atoms with E-state index >= 15 is 0 Å². The van der Waals surface area contributed by atoms with E-state index in [1.807, 2.05) is 80.6 Å². The fraction of sp³-hybridized carbons (Fsp3) is 0.167. The molecule has 28 heavy (non-hydrogen) atoms. The van der Waals surface area contributed by atoms with Gasteiger partial charge in [-0.1, -0.05) is 60.7 Å². The van der Waals surface area contributed by atoms with Crippen LogP contribution >= 0.6 is 0 Å². The van der Waals surface area contributed by atoms with Crippen molar-refractivity contribution in [3.63, 3.8) is 0 Å². The molecule has 0 saturated heterocycles. The molecule has 4 nitrogen and oxygen atoms in total. The zero-order chi connectivity index (χ0) is 19.9. The van der Waals surface area contributed by atoms with E-state index in [4.69, 9.17) is 0 Å². The van der Waals surface area contributed by atoms with E-state index in [0.717, 1.165) is 22.4 Å². The van der Waals surface area contributed by atoms with Crippen molar-refractivity contribution in [3.8, 4) is 0 Å². The third-order valence-electron chi connectivity index (χ3n) is 4.60. The molecule has 0 aliphatic carbocycles. The van der Waals surface area contributed by atoms with Crippen molar-refractivity contribution in [1.29, 1.82) is 0 Å². The first-order valence-electron chi connectivity index (χ1n) is 9.31. The van der Waals surface area contributed by atoms with Crippen LogP contribution in [-0.4, -0.2) is 11.8 Å². The van der Waals surface area contributed by atoms with Gasteiger partial charge in [0.1, 0.15) is 0 Å². The topological polar surface area (TPSA) is 58.2 Å². The lowest BCUT2D eigenvalue weighted by Gasteiger charge is -2.19. The van der Waals surface area contributed by atoms with Gasteiger partial charge < -0.3 is 10.6 Å². The molecule has 0 heterocycles. The number of rotatable bonds is 6. The fourth-order valence-electron chi connectivity index (χ4n) is 3.03. The summed E-state index contributed by atoms with van der Waals surface area (Å²) in [7, 11) is 0. The maximum Gasteiger partial charge on any atom is 0.251 e. The summed E-state index contributed by atoms with van der Waals surface area (Å²) in [6, 6.07) is 24.1. The Labute approximate surface area is 165 Å². The normalized spacial score (nSPS) is 11.5. The van der Waals surface area contributed by atoms with Gasteiger partial charge in [-0.05, 0) is 48.7 Å². The predicted octanol–water partition coefficient (Wildman–Crippen LogP) is 4.80. The summed E-state index contributed by atoms with van der Waals surface area (Å²) >= 11 is 0. The highest BCUT2D eigenvalue weighted by atomic mass is 16.2. The molecule has 3 rings (SSSR count). The minimum Gasteiger partial charge on any atom is -0.345 e. The van der Waals surface area contributed by atoms with Crippen LogP contribution < -0.4 is 10.6 Å². The van der Waals surface area contributed by atoms with Crippen LogP contribution in [0.2, 0.25) is 0 Å². The number of benzene rings is 3. The van der Waals surface area contributed by atoms with E-state index in [1.54, 1.807) is 12.1 Å². The molecule has 0 aromatic heterocycles. The third kappa shape index (κ3) is 5.07. The highest BCUT2D eigenvalue weighted by Gasteiger charge is 2.19. The van der Waals surface area contributed by atoms with Crippen molar-refractivity contribution in [2.45, 2.75) is 26.3 Å². The number of hydrogen-bond donors (Lipinski definition) is 2. The number of anilines is 1. The molecule has 3 aromatic carbocycles. The van der Waals surface area contributed by atoms with Crippen molar-refractivity contribution in [1.82, 2.24) is 5.32 Å². The SMILES string of the molecule is Cc1ccc(C)c(NC(=O)CC(NC(=O)c2ccccc2)c2ccccc2)c1. The summed E-state index contributed by atoms with van der Waals surface area (Å²) in [6.45, 7) is 3.95. The Hall–Kier alpha value is -3.40. The molecule has 0 fully saturated rings. The van der Waals surface area contributed by atoms with Gasteiger partial charge in [0.05, 0.1) is 12.5 Å². The van der Waals surface area contributed by atoms with Crippen LogP contribution in [0.1, 0.15) is 39.5 Å². The Morgan fingerprint density at radius 2 is 1.50 bits per heavy atom. The van der Waals surface area contributed by atoms with Gasteiger partial charge in [-0.15, -0.1) is 0 Å². The Morgan fingerprint density at radius 1 is 0.857 bits per heavy atom. The molecule has 0 spiro atoms. The third-order valence-corrected chi connectivity index (χ3v) is 4.60. The number of amides is 2. The molecule has 142 valence electrons. The highest BCUT2D eigenvalue weighted by Crippen LogP contribution is 2.21. The van der Waals surface area contributed by atoms with Gasteiger partial charge in [0.15, 0.2) is 0 Å². The first-order valence-corrected chi connectivity index (χ1v) is 9.31. The van der Waals surface area contributed by atoms with Crippen LogP contribution in [0.15, 0.2) is 78.9 Å². The first-order chi connectivity index (χ1) is 13.5. The summed E-state index contributed by atoms with van der Waals surface area (Å²) in [4.78, 5) is 25.3. The number of aryl methyl sites for hydroxylation is 2. The molecule has 3 aromatic rings. The average molecular weight is 372 g/mol. The smallest absolute Gasteiger partial charge is 0.251 e. The predicted molar refractivity (Wildman–Crippen MR) is 112 cm³/mol. The van der Waals surface area contributed by atoms with Gasteiger partial charge >= 0.3 is 0 Å². The van der Waals surface area contributed by atoms with E-state index in [9.17, 15) is 9.59 Å². The van der Waals surface area contributed by atoms with Crippen molar-refractivity contribution in [3.05, 3.63) is 101 Å². The molecule has 0 bridgehead atoms. The van der Waals surface area contributed by atoms with Crippen molar-refractivity contribution >= 4 is 17.5 Å². The molecule has 0 aliphatic rings. The summed E-state index contributed by atoms with van der Waals surface area (Å²) in [5.74, 6) is -0.343. The summed E-state index contributed by atoms with van der Waals surface area (Å²) < 4.78 is 0. The molecule has 2 amide bonds. The molecule has 0 aliphatic heterocycles. The molecule has 0 radical (unpaired) electrons. The van der Waals surface area contributed by atoms with Crippen molar-refractivity contribution in [2.24, 2.45) is 0 Å². The standard InChI is InChI=1S/C24H24N2O2/c1-17-13-14-18(2)21(15-17)25-23(27)16-22(19-9-5-3-6-10-19)26-24(28)20-11-7-4-8-12-20/h3-15,22H,16H2,1-2H3,(H,25,27)(H,26,28). The van der Waals surface area contributed by atoms with Crippen LogP contribution in [0.5, 0.6) is 0 Å². The minimum atomic E-state index is -0.418. The molecular weight excluding hydrogens is 348 g/mol. The van der Waals surface area contributed by atoms with E-state index in [-0.39, 0.29) is 18.2 Å². The zero-order valence-electron chi connectivity index (χ0n) is 16.1. The van der Waals surface area contributed by atoms with Gasteiger partial charge in [-0.2, -0.15) is 0 Å². The first kappa shape index (κ1) is 19.4. The maximum atomic E-state index is 12.7. The van der Waals surface area contributed by atoms with Gasteiger partial charge in [0, 0.05) is 11.3 Å². The second-order valence-corrected chi connectivity index (χ2v) is 6.87. The lowest BCUT2D eigenvalue weighted by atomic mass is 10.0. The molecule has 0 saturated carbocycles. The van der Waals surface area contributed by atoms with Crippen LogP contribution in [0.4, 0.5) is 5.69 Å².